The van der Waals surface area contributed by atoms with Gasteiger partial charge in [0.25, 0.3) is 11.6 Å². The van der Waals surface area contributed by atoms with Gasteiger partial charge in [-0.15, -0.1) is 0 Å². The fourth-order valence-corrected chi connectivity index (χ4v) is 3.19. The molecule has 0 spiro atoms. The third-order valence-corrected chi connectivity index (χ3v) is 4.99. The Morgan fingerprint density at radius 1 is 1.16 bits per heavy atom. The Kier molecular flexibility index (Phi) is 5.50. The summed E-state index contributed by atoms with van der Waals surface area (Å²) in [6, 6.07) is 9.78. The fourth-order valence-electron chi connectivity index (χ4n) is 2.15. The first-order valence-corrected chi connectivity index (χ1v) is 8.89. The van der Waals surface area contributed by atoms with Gasteiger partial charge in [-0.2, -0.15) is 0 Å². The highest BCUT2D eigenvalue weighted by Gasteiger charge is 2.15. The van der Waals surface area contributed by atoms with Crippen LogP contribution in [0, 0.1) is 17.0 Å². The van der Waals surface area contributed by atoms with Crippen LogP contribution in [0.5, 0.6) is 0 Å². The molecule has 0 heterocycles. The third-order valence-electron chi connectivity index (χ3n) is 3.42. The molecular formula is C16H17N3O5S. The molecule has 0 unspecified atom stereocenters. The van der Waals surface area contributed by atoms with Crippen molar-refractivity contribution in [2.45, 2.75) is 18.7 Å². The van der Waals surface area contributed by atoms with Gasteiger partial charge in [0.1, 0.15) is 0 Å². The number of carbonyl (C=O) groups excluding carboxylic acids is 1. The number of benzene rings is 2. The lowest BCUT2D eigenvalue weighted by Gasteiger charge is -2.08. The van der Waals surface area contributed by atoms with Crippen LogP contribution in [0.4, 0.5) is 11.4 Å². The topological polar surface area (TPSA) is 118 Å². The molecule has 132 valence electrons. The first-order valence-electron chi connectivity index (χ1n) is 7.40. The number of sulfonamides is 1. The molecule has 0 aromatic heterocycles. The molecule has 0 saturated carbocycles. The number of nitro groups is 1. The Bertz CT molecular complexity index is 908. The van der Waals surface area contributed by atoms with Crippen molar-refractivity contribution in [3.8, 4) is 0 Å². The molecule has 2 N–H and O–H groups in total. The van der Waals surface area contributed by atoms with Gasteiger partial charge in [-0.1, -0.05) is 13.0 Å². The number of rotatable bonds is 6. The lowest BCUT2D eigenvalue weighted by atomic mass is 10.1. The van der Waals surface area contributed by atoms with E-state index in [0.717, 1.165) is 0 Å². The average molecular weight is 363 g/mol. The number of nitrogens with zero attached hydrogens (tertiary/aromatic N) is 1. The zero-order valence-electron chi connectivity index (χ0n) is 13.6. The van der Waals surface area contributed by atoms with Crippen molar-refractivity contribution in [2.75, 3.05) is 11.9 Å². The van der Waals surface area contributed by atoms with Crippen LogP contribution < -0.4 is 10.0 Å². The molecule has 8 nitrogen and oxygen atoms in total. The van der Waals surface area contributed by atoms with Gasteiger partial charge >= 0.3 is 0 Å². The number of anilines is 1. The summed E-state index contributed by atoms with van der Waals surface area (Å²) in [5, 5.41) is 13.5. The molecule has 0 saturated heterocycles. The van der Waals surface area contributed by atoms with Crippen LogP contribution in [0.25, 0.3) is 0 Å². The summed E-state index contributed by atoms with van der Waals surface area (Å²) in [4.78, 5) is 22.7. The molecule has 0 fully saturated rings. The summed E-state index contributed by atoms with van der Waals surface area (Å²) >= 11 is 0. The Hall–Kier alpha value is -2.78. The summed E-state index contributed by atoms with van der Waals surface area (Å²) in [7, 11) is -3.59. The summed E-state index contributed by atoms with van der Waals surface area (Å²) in [5.74, 6) is -0.495. The van der Waals surface area contributed by atoms with Gasteiger partial charge in [0, 0.05) is 29.4 Å². The zero-order valence-corrected chi connectivity index (χ0v) is 14.5. The van der Waals surface area contributed by atoms with E-state index in [1.807, 2.05) is 0 Å². The molecule has 0 radical (unpaired) electrons. The average Bonchev–Trinajstić information content (AvgIpc) is 2.56. The second-order valence-electron chi connectivity index (χ2n) is 5.24. The van der Waals surface area contributed by atoms with Crippen molar-refractivity contribution < 1.29 is 18.1 Å². The molecule has 2 aromatic carbocycles. The highest BCUT2D eigenvalue weighted by Crippen LogP contribution is 2.22. The molecular weight excluding hydrogens is 346 g/mol. The van der Waals surface area contributed by atoms with Gasteiger partial charge in [0.15, 0.2) is 0 Å². The second kappa shape index (κ2) is 7.41. The zero-order chi connectivity index (χ0) is 18.6. The number of hydrogen-bond donors (Lipinski definition) is 2. The molecule has 0 aliphatic heterocycles. The minimum absolute atomic E-state index is 0.0527. The van der Waals surface area contributed by atoms with E-state index >= 15 is 0 Å². The molecule has 0 atom stereocenters. The first-order chi connectivity index (χ1) is 11.7. The van der Waals surface area contributed by atoms with E-state index in [2.05, 4.69) is 10.0 Å². The SMILES string of the molecule is CCNS(=O)(=O)c1ccc(C(=O)Nc2ccc(C)c([N+](=O)[O-])c2)cc1. The molecule has 2 rings (SSSR count). The molecule has 9 heteroatoms. The van der Waals surface area contributed by atoms with Gasteiger partial charge in [-0.3, -0.25) is 14.9 Å². The minimum atomic E-state index is -3.59. The summed E-state index contributed by atoms with van der Waals surface area (Å²) in [6.45, 7) is 3.53. The van der Waals surface area contributed by atoms with Crippen LogP contribution in [0.3, 0.4) is 0 Å². The molecule has 0 aliphatic rings. The quantitative estimate of drug-likeness (QED) is 0.604. The predicted molar refractivity (Wildman–Crippen MR) is 93.1 cm³/mol. The number of aryl methyl sites for hydroxylation is 1. The van der Waals surface area contributed by atoms with Crippen molar-refractivity contribution >= 4 is 27.3 Å². The van der Waals surface area contributed by atoms with Gasteiger partial charge in [-0.25, -0.2) is 13.1 Å². The molecule has 0 aliphatic carbocycles. The maximum Gasteiger partial charge on any atom is 0.274 e. The van der Waals surface area contributed by atoms with Crippen LogP contribution in [-0.4, -0.2) is 25.8 Å². The summed E-state index contributed by atoms with van der Waals surface area (Å²) in [6.07, 6.45) is 0. The predicted octanol–water partition coefficient (Wildman–Crippen LogP) is 2.45. The van der Waals surface area contributed by atoms with Crippen LogP contribution in [0.1, 0.15) is 22.8 Å². The van der Waals surface area contributed by atoms with Crippen molar-refractivity contribution in [1.29, 1.82) is 0 Å². The lowest BCUT2D eigenvalue weighted by molar-refractivity contribution is -0.385. The maximum absolute atomic E-state index is 12.2. The van der Waals surface area contributed by atoms with E-state index in [1.165, 1.54) is 30.3 Å². The molecule has 25 heavy (non-hydrogen) atoms. The standard InChI is InChI=1S/C16H17N3O5S/c1-3-17-25(23,24)14-8-5-12(6-9-14)16(20)18-13-7-4-11(2)15(10-13)19(21)22/h4-10,17H,3H2,1-2H3,(H,18,20). The Balaban J connectivity index is 2.19. The Morgan fingerprint density at radius 2 is 1.80 bits per heavy atom. The number of nitro benzene ring substituents is 1. The highest BCUT2D eigenvalue weighted by atomic mass is 32.2. The van der Waals surface area contributed by atoms with Gasteiger partial charge in [-0.05, 0) is 37.3 Å². The van der Waals surface area contributed by atoms with E-state index in [0.29, 0.717) is 5.56 Å². The van der Waals surface area contributed by atoms with Crippen LogP contribution >= 0.6 is 0 Å². The van der Waals surface area contributed by atoms with Crippen LogP contribution in [0.2, 0.25) is 0 Å². The number of hydrogen-bond acceptors (Lipinski definition) is 5. The van der Waals surface area contributed by atoms with Gasteiger partial charge in [0.2, 0.25) is 10.0 Å². The normalized spacial score (nSPS) is 11.1. The Morgan fingerprint density at radius 3 is 2.36 bits per heavy atom. The van der Waals surface area contributed by atoms with E-state index in [4.69, 9.17) is 0 Å². The number of nitrogens with one attached hydrogen (secondary N) is 2. The first kappa shape index (κ1) is 18.6. The maximum atomic E-state index is 12.2. The molecule has 0 bridgehead atoms. The fraction of sp³-hybridized carbons (Fsp3) is 0.188. The molecule has 1 amide bonds. The summed E-state index contributed by atoms with van der Waals surface area (Å²) in [5.41, 5.74) is 0.913. The van der Waals surface area contributed by atoms with E-state index < -0.39 is 20.9 Å². The largest absolute Gasteiger partial charge is 0.322 e. The second-order valence-corrected chi connectivity index (χ2v) is 7.01. The van der Waals surface area contributed by atoms with E-state index in [-0.39, 0.29) is 28.4 Å². The Labute approximate surface area is 145 Å². The van der Waals surface area contributed by atoms with Gasteiger partial charge < -0.3 is 5.32 Å². The van der Waals surface area contributed by atoms with E-state index in [1.54, 1.807) is 26.0 Å². The van der Waals surface area contributed by atoms with Crippen molar-refractivity contribution in [3.63, 3.8) is 0 Å². The minimum Gasteiger partial charge on any atom is -0.322 e. The van der Waals surface area contributed by atoms with E-state index in [9.17, 15) is 23.3 Å². The highest BCUT2D eigenvalue weighted by molar-refractivity contribution is 7.89. The van der Waals surface area contributed by atoms with Crippen molar-refractivity contribution in [3.05, 3.63) is 63.7 Å². The van der Waals surface area contributed by atoms with Crippen molar-refractivity contribution in [1.82, 2.24) is 4.72 Å². The lowest BCUT2D eigenvalue weighted by Crippen LogP contribution is -2.23. The van der Waals surface area contributed by atoms with Crippen molar-refractivity contribution in [2.24, 2.45) is 0 Å². The summed E-state index contributed by atoms with van der Waals surface area (Å²) < 4.78 is 26.1. The molecule has 2 aromatic rings. The monoisotopic (exact) mass is 363 g/mol. The van der Waals surface area contributed by atoms with Crippen LogP contribution in [0.15, 0.2) is 47.4 Å². The number of carbonyl (C=O) groups is 1. The van der Waals surface area contributed by atoms with Gasteiger partial charge in [0.05, 0.1) is 9.82 Å². The number of amides is 1. The smallest absolute Gasteiger partial charge is 0.274 e. The van der Waals surface area contributed by atoms with Crippen LogP contribution in [-0.2, 0) is 10.0 Å². The third kappa shape index (κ3) is 4.40.